The van der Waals surface area contributed by atoms with Crippen LogP contribution in [0.2, 0.25) is 0 Å². The first-order valence-corrected chi connectivity index (χ1v) is 8.94. The van der Waals surface area contributed by atoms with Crippen molar-refractivity contribution >= 4 is 29.3 Å². The molecular weight excluding hydrogens is 406 g/mol. The fraction of sp³-hybridized carbons (Fsp3) is 0.0476. The summed E-state index contributed by atoms with van der Waals surface area (Å²) in [6.07, 6.45) is 1.38. The molecule has 0 amide bonds. The van der Waals surface area contributed by atoms with Gasteiger partial charge in [0.05, 0.1) is 9.85 Å². The molecule has 0 atom stereocenters. The first-order valence-electron chi connectivity index (χ1n) is 8.94. The predicted octanol–water partition coefficient (Wildman–Crippen LogP) is 4.42. The van der Waals surface area contributed by atoms with Crippen LogP contribution in [0.15, 0.2) is 69.7 Å². The molecule has 0 spiro atoms. The number of furan rings is 1. The van der Waals surface area contributed by atoms with Crippen molar-refractivity contribution in [3.63, 3.8) is 0 Å². The summed E-state index contributed by atoms with van der Waals surface area (Å²) in [7, 11) is 0. The Balaban J connectivity index is 1.61. The highest BCUT2D eigenvalue weighted by Gasteiger charge is 2.26. The van der Waals surface area contributed by atoms with E-state index in [1.165, 1.54) is 36.4 Å². The number of aliphatic imine (C=N–C) groups is 1. The lowest BCUT2D eigenvalue weighted by atomic mass is 10.1. The number of nitrogens with zero attached hydrogens (tertiary/aromatic N) is 3. The number of benzene rings is 2. The Morgan fingerprint density at radius 2 is 1.77 bits per heavy atom. The summed E-state index contributed by atoms with van der Waals surface area (Å²) in [6.45, 7) is 1.58. The van der Waals surface area contributed by atoms with Gasteiger partial charge in [0, 0.05) is 41.0 Å². The summed E-state index contributed by atoms with van der Waals surface area (Å²) in [5.74, 6) is 0.0227. The fourth-order valence-corrected chi connectivity index (χ4v) is 3.02. The number of cyclic esters (lactones) is 1. The van der Waals surface area contributed by atoms with Crippen molar-refractivity contribution in [3.05, 3.63) is 97.4 Å². The lowest BCUT2D eigenvalue weighted by Crippen LogP contribution is -2.06. The maximum atomic E-state index is 12.2. The molecule has 1 aliphatic heterocycles. The topological polar surface area (TPSA) is 138 Å². The molecule has 2 heterocycles. The van der Waals surface area contributed by atoms with E-state index >= 15 is 0 Å². The minimum atomic E-state index is -0.695. The lowest BCUT2D eigenvalue weighted by molar-refractivity contribution is -0.385. The Morgan fingerprint density at radius 3 is 2.48 bits per heavy atom. The van der Waals surface area contributed by atoms with E-state index in [2.05, 4.69) is 4.99 Å². The highest BCUT2D eigenvalue weighted by molar-refractivity contribution is 6.12. The number of non-ortho nitro benzene ring substituents is 1. The number of carbonyl (C=O) groups excluding carboxylic acids is 1. The fourth-order valence-electron chi connectivity index (χ4n) is 3.02. The van der Waals surface area contributed by atoms with Crippen LogP contribution in [-0.2, 0) is 9.53 Å². The van der Waals surface area contributed by atoms with Gasteiger partial charge in [-0.15, -0.1) is 0 Å². The van der Waals surface area contributed by atoms with Gasteiger partial charge in [-0.25, -0.2) is 9.79 Å². The van der Waals surface area contributed by atoms with E-state index in [4.69, 9.17) is 9.15 Å². The van der Waals surface area contributed by atoms with Crippen molar-refractivity contribution in [1.82, 2.24) is 0 Å². The number of carbonyl (C=O) groups is 1. The van der Waals surface area contributed by atoms with Crippen LogP contribution in [0.1, 0.15) is 16.9 Å². The first kappa shape index (κ1) is 19.7. The van der Waals surface area contributed by atoms with Crippen LogP contribution < -0.4 is 0 Å². The van der Waals surface area contributed by atoms with Crippen LogP contribution in [0.25, 0.3) is 17.4 Å². The minimum Gasteiger partial charge on any atom is -0.457 e. The quantitative estimate of drug-likeness (QED) is 0.258. The van der Waals surface area contributed by atoms with E-state index in [9.17, 15) is 25.0 Å². The van der Waals surface area contributed by atoms with Gasteiger partial charge in [-0.05, 0) is 31.2 Å². The number of hydrogen-bond donors (Lipinski definition) is 0. The van der Waals surface area contributed by atoms with E-state index in [-0.39, 0.29) is 23.0 Å². The molecule has 0 fully saturated rings. The molecule has 0 radical (unpaired) electrons. The van der Waals surface area contributed by atoms with Crippen LogP contribution in [0.5, 0.6) is 0 Å². The molecule has 1 aromatic heterocycles. The van der Waals surface area contributed by atoms with Gasteiger partial charge < -0.3 is 9.15 Å². The standard InChI is InChI=1S/C21H13N3O7/c1-12-9-14(5-7-18(12)24(28)29)20-22-17(21(25)31-20)11-16-6-8-19(30-16)13-3-2-4-15(10-13)23(26)27/h2-11H,1H3/b17-11-. The van der Waals surface area contributed by atoms with Gasteiger partial charge in [0.25, 0.3) is 11.4 Å². The second-order valence-electron chi connectivity index (χ2n) is 6.60. The van der Waals surface area contributed by atoms with E-state index in [1.807, 2.05) is 0 Å². The highest BCUT2D eigenvalue weighted by Crippen LogP contribution is 2.28. The maximum Gasteiger partial charge on any atom is 0.363 e. The number of aryl methyl sites for hydroxylation is 1. The van der Waals surface area contributed by atoms with Gasteiger partial charge in [-0.2, -0.15) is 0 Å². The number of hydrogen-bond acceptors (Lipinski definition) is 8. The van der Waals surface area contributed by atoms with Crippen LogP contribution in [0.3, 0.4) is 0 Å². The molecule has 4 rings (SSSR count). The highest BCUT2D eigenvalue weighted by atomic mass is 16.6. The zero-order valence-corrected chi connectivity index (χ0v) is 16.0. The molecule has 0 N–H and O–H groups in total. The molecule has 0 unspecified atom stereocenters. The van der Waals surface area contributed by atoms with Gasteiger partial charge >= 0.3 is 5.97 Å². The largest absolute Gasteiger partial charge is 0.457 e. The second-order valence-corrected chi connectivity index (χ2v) is 6.60. The summed E-state index contributed by atoms with van der Waals surface area (Å²) in [6, 6.07) is 13.5. The minimum absolute atomic E-state index is 0.00838. The van der Waals surface area contributed by atoms with Crippen molar-refractivity contribution in [2.45, 2.75) is 6.92 Å². The third-order valence-electron chi connectivity index (χ3n) is 4.51. The number of esters is 1. The molecule has 0 bridgehead atoms. The van der Waals surface area contributed by atoms with Gasteiger partial charge in [0.1, 0.15) is 11.5 Å². The predicted molar refractivity (Wildman–Crippen MR) is 109 cm³/mol. The lowest BCUT2D eigenvalue weighted by Gasteiger charge is -2.01. The molecule has 154 valence electrons. The third kappa shape index (κ3) is 3.94. The smallest absolute Gasteiger partial charge is 0.363 e. The Kier molecular flexibility index (Phi) is 4.88. The van der Waals surface area contributed by atoms with Gasteiger partial charge in [-0.3, -0.25) is 20.2 Å². The normalized spacial score (nSPS) is 14.4. The van der Waals surface area contributed by atoms with Crippen LogP contribution in [0, 0.1) is 27.2 Å². The van der Waals surface area contributed by atoms with E-state index < -0.39 is 15.8 Å². The third-order valence-corrected chi connectivity index (χ3v) is 4.51. The summed E-state index contributed by atoms with van der Waals surface area (Å²) < 4.78 is 10.8. The van der Waals surface area contributed by atoms with Gasteiger partial charge in [-0.1, -0.05) is 12.1 Å². The molecular formula is C21H13N3O7. The number of ether oxygens (including phenoxy) is 1. The van der Waals surface area contributed by atoms with Crippen LogP contribution in [-0.4, -0.2) is 21.7 Å². The van der Waals surface area contributed by atoms with Crippen molar-refractivity contribution < 1.29 is 23.8 Å². The maximum absolute atomic E-state index is 12.2. The van der Waals surface area contributed by atoms with Crippen molar-refractivity contribution in [3.8, 4) is 11.3 Å². The summed E-state index contributed by atoms with van der Waals surface area (Å²) in [4.78, 5) is 37.2. The van der Waals surface area contributed by atoms with E-state index in [0.717, 1.165) is 0 Å². The molecule has 3 aromatic rings. The summed E-state index contributed by atoms with van der Waals surface area (Å²) >= 11 is 0. The molecule has 1 aliphatic rings. The first-order chi connectivity index (χ1) is 14.8. The molecule has 0 saturated heterocycles. The molecule has 31 heavy (non-hydrogen) atoms. The Bertz CT molecular complexity index is 1300. The zero-order chi connectivity index (χ0) is 22.1. The average Bonchev–Trinajstić information content (AvgIpc) is 3.35. The summed E-state index contributed by atoms with van der Waals surface area (Å²) in [5.41, 5.74) is 1.22. The zero-order valence-electron chi connectivity index (χ0n) is 16.0. The van der Waals surface area contributed by atoms with Gasteiger partial charge in [0.2, 0.25) is 5.90 Å². The number of rotatable bonds is 5. The van der Waals surface area contributed by atoms with E-state index in [1.54, 1.807) is 31.2 Å². The Hall–Kier alpha value is -4.60. The van der Waals surface area contributed by atoms with Crippen molar-refractivity contribution in [2.75, 3.05) is 0 Å². The molecule has 0 aliphatic carbocycles. The Labute approximate surface area is 174 Å². The van der Waals surface area contributed by atoms with Crippen molar-refractivity contribution in [2.24, 2.45) is 4.99 Å². The summed E-state index contributed by atoms with van der Waals surface area (Å²) in [5, 5.41) is 21.9. The van der Waals surface area contributed by atoms with Gasteiger partial charge in [0.15, 0.2) is 5.70 Å². The average molecular weight is 419 g/mol. The Morgan fingerprint density at radius 1 is 0.968 bits per heavy atom. The SMILES string of the molecule is Cc1cc(C2=N/C(=C\c3ccc(-c4cccc([N+](=O)[O-])c4)o3)C(=O)O2)ccc1[N+](=O)[O-]. The molecule has 0 saturated carbocycles. The molecule has 10 heteroatoms. The second kappa shape index (κ2) is 7.67. The van der Waals surface area contributed by atoms with Crippen LogP contribution in [0.4, 0.5) is 11.4 Å². The molecule has 2 aromatic carbocycles. The van der Waals surface area contributed by atoms with Crippen LogP contribution >= 0.6 is 0 Å². The van der Waals surface area contributed by atoms with Crippen molar-refractivity contribution in [1.29, 1.82) is 0 Å². The molecule has 10 nitrogen and oxygen atoms in total. The van der Waals surface area contributed by atoms with E-state index in [0.29, 0.717) is 28.2 Å². The number of nitro benzene ring substituents is 2. The monoisotopic (exact) mass is 419 g/mol. The number of nitro groups is 2.